The topological polar surface area (TPSA) is 60.6 Å². The van der Waals surface area contributed by atoms with Crippen LogP contribution in [0.5, 0.6) is 0 Å². The lowest BCUT2D eigenvalue weighted by molar-refractivity contribution is 0.0659. The Labute approximate surface area is 129 Å². The molecule has 0 spiro atoms. The summed E-state index contributed by atoms with van der Waals surface area (Å²) in [5, 5.41) is 4.15. The van der Waals surface area contributed by atoms with Crippen LogP contribution in [0.4, 0.5) is 5.95 Å². The van der Waals surface area contributed by atoms with Gasteiger partial charge in [-0.15, -0.1) is 0 Å². The van der Waals surface area contributed by atoms with E-state index in [9.17, 15) is 0 Å². The van der Waals surface area contributed by atoms with Crippen LogP contribution >= 0.6 is 0 Å². The molecule has 1 aromatic carbocycles. The van der Waals surface area contributed by atoms with E-state index in [2.05, 4.69) is 15.0 Å². The van der Waals surface area contributed by atoms with Crippen molar-refractivity contribution in [3.8, 4) is 11.5 Å². The molecule has 0 bridgehead atoms. The molecule has 4 rings (SSSR count). The van der Waals surface area contributed by atoms with Gasteiger partial charge in [-0.25, -0.2) is 0 Å². The normalized spacial score (nSPS) is 27.3. The first-order chi connectivity index (χ1) is 10.8. The molecule has 0 aliphatic carbocycles. The summed E-state index contributed by atoms with van der Waals surface area (Å²) >= 11 is 0. The Bertz CT molecular complexity index is 645. The second kappa shape index (κ2) is 5.37. The predicted molar refractivity (Wildman–Crippen MR) is 80.6 cm³/mol. The fourth-order valence-corrected chi connectivity index (χ4v) is 3.52. The Hall–Kier alpha value is -1.92. The zero-order chi connectivity index (χ0) is 15.0. The molecule has 2 aliphatic rings. The van der Waals surface area contributed by atoms with Gasteiger partial charge < -0.3 is 18.9 Å². The molecule has 22 heavy (non-hydrogen) atoms. The van der Waals surface area contributed by atoms with E-state index in [1.807, 2.05) is 30.3 Å². The highest BCUT2D eigenvalue weighted by molar-refractivity contribution is 5.54. The van der Waals surface area contributed by atoms with Crippen molar-refractivity contribution in [2.75, 3.05) is 44.9 Å². The van der Waals surface area contributed by atoms with Crippen LogP contribution in [0, 0.1) is 11.3 Å². The zero-order valence-corrected chi connectivity index (χ0v) is 12.6. The number of nitrogens with zero attached hydrogens (tertiary/aromatic N) is 3. The molecule has 3 heterocycles. The first-order valence-corrected chi connectivity index (χ1v) is 7.51. The van der Waals surface area contributed by atoms with Crippen molar-refractivity contribution in [1.29, 1.82) is 0 Å². The largest absolute Gasteiger partial charge is 0.384 e. The number of fused-ring (bicyclic) bond motifs is 1. The third-order valence-electron chi connectivity index (χ3n) is 4.67. The van der Waals surface area contributed by atoms with Gasteiger partial charge in [-0.1, -0.05) is 18.2 Å². The lowest BCUT2D eigenvalue weighted by Gasteiger charge is -2.25. The van der Waals surface area contributed by atoms with Crippen LogP contribution in [0.25, 0.3) is 11.5 Å². The van der Waals surface area contributed by atoms with Gasteiger partial charge in [-0.05, 0) is 17.3 Å². The van der Waals surface area contributed by atoms with Crippen molar-refractivity contribution in [2.45, 2.75) is 0 Å². The highest BCUT2D eigenvalue weighted by atomic mass is 16.5. The van der Waals surface area contributed by atoms with Crippen molar-refractivity contribution in [1.82, 2.24) is 10.1 Å². The van der Waals surface area contributed by atoms with Gasteiger partial charge in [0.15, 0.2) is 0 Å². The molecular weight excluding hydrogens is 282 g/mol. The maximum absolute atomic E-state index is 5.66. The van der Waals surface area contributed by atoms with E-state index in [0.717, 1.165) is 31.9 Å². The Kier molecular flexibility index (Phi) is 3.35. The van der Waals surface area contributed by atoms with E-state index in [4.69, 9.17) is 14.0 Å². The lowest BCUT2D eigenvalue weighted by atomic mass is 9.82. The Morgan fingerprint density at radius 3 is 3.05 bits per heavy atom. The van der Waals surface area contributed by atoms with Crippen LogP contribution in [-0.4, -0.2) is 50.2 Å². The molecule has 0 N–H and O–H groups in total. The first-order valence-electron chi connectivity index (χ1n) is 7.51. The number of hydrogen-bond donors (Lipinski definition) is 0. The van der Waals surface area contributed by atoms with Crippen LogP contribution in [0.2, 0.25) is 0 Å². The Morgan fingerprint density at radius 1 is 1.36 bits per heavy atom. The molecule has 2 aromatic rings. The molecule has 0 amide bonds. The number of methoxy groups -OCH3 is 1. The van der Waals surface area contributed by atoms with E-state index in [0.29, 0.717) is 24.4 Å². The number of aromatic nitrogens is 2. The predicted octanol–water partition coefficient (Wildman–Crippen LogP) is 1.84. The third kappa shape index (κ3) is 2.19. The summed E-state index contributed by atoms with van der Waals surface area (Å²) in [5.41, 5.74) is 0.998. The molecule has 116 valence electrons. The van der Waals surface area contributed by atoms with Crippen molar-refractivity contribution >= 4 is 5.95 Å². The van der Waals surface area contributed by atoms with Crippen molar-refractivity contribution < 1.29 is 14.0 Å². The maximum Gasteiger partial charge on any atom is 0.266 e. The maximum atomic E-state index is 5.66. The summed E-state index contributed by atoms with van der Waals surface area (Å²) in [6.45, 7) is 3.96. The highest BCUT2D eigenvalue weighted by Gasteiger charge is 2.51. The van der Waals surface area contributed by atoms with E-state index < -0.39 is 0 Å². The molecular formula is C16H19N3O3. The second-order valence-electron chi connectivity index (χ2n) is 6.15. The van der Waals surface area contributed by atoms with E-state index in [-0.39, 0.29) is 5.41 Å². The fourth-order valence-electron chi connectivity index (χ4n) is 3.52. The molecule has 0 saturated carbocycles. The van der Waals surface area contributed by atoms with E-state index in [1.165, 1.54) is 0 Å². The van der Waals surface area contributed by atoms with Crippen molar-refractivity contribution in [2.24, 2.45) is 11.3 Å². The van der Waals surface area contributed by atoms with Crippen molar-refractivity contribution in [3.63, 3.8) is 0 Å². The standard InChI is InChI=1S/C16H19N3O3/c1-20-10-16-9-19(7-13(16)8-21-11-16)15-17-14(22-18-15)12-5-3-2-4-6-12/h2-6,13H,7-11H2,1H3/t13-,16-/m0/s1. The van der Waals surface area contributed by atoms with Gasteiger partial charge in [-0.3, -0.25) is 0 Å². The number of ether oxygens (including phenoxy) is 2. The molecule has 1 aromatic heterocycles. The van der Waals surface area contributed by atoms with Gasteiger partial charge >= 0.3 is 0 Å². The Balaban J connectivity index is 1.56. The van der Waals surface area contributed by atoms with E-state index >= 15 is 0 Å². The Morgan fingerprint density at radius 2 is 2.23 bits per heavy atom. The molecule has 2 aliphatic heterocycles. The van der Waals surface area contributed by atoms with Crippen LogP contribution in [0.15, 0.2) is 34.9 Å². The van der Waals surface area contributed by atoms with Crippen LogP contribution in [0.1, 0.15) is 0 Å². The number of anilines is 1. The minimum absolute atomic E-state index is 0.0578. The van der Waals surface area contributed by atoms with Gasteiger partial charge in [-0.2, -0.15) is 4.98 Å². The summed E-state index contributed by atoms with van der Waals surface area (Å²) in [6.07, 6.45) is 0. The van der Waals surface area contributed by atoms with Crippen LogP contribution < -0.4 is 4.90 Å². The van der Waals surface area contributed by atoms with Gasteiger partial charge in [0.1, 0.15) is 0 Å². The average Bonchev–Trinajstić information content (AvgIpc) is 3.21. The van der Waals surface area contributed by atoms with Gasteiger partial charge in [0.05, 0.1) is 19.8 Å². The van der Waals surface area contributed by atoms with Crippen LogP contribution in [-0.2, 0) is 9.47 Å². The highest BCUT2D eigenvalue weighted by Crippen LogP contribution is 2.42. The fraction of sp³-hybridized carbons (Fsp3) is 0.500. The van der Waals surface area contributed by atoms with Gasteiger partial charge in [0.25, 0.3) is 11.8 Å². The average molecular weight is 301 g/mol. The number of benzene rings is 1. The summed E-state index contributed by atoms with van der Waals surface area (Å²) in [7, 11) is 1.74. The summed E-state index contributed by atoms with van der Waals surface area (Å²) in [5.74, 6) is 1.68. The minimum atomic E-state index is 0.0578. The lowest BCUT2D eigenvalue weighted by Crippen LogP contribution is -2.35. The summed E-state index contributed by atoms with van der Waals surface area (Å²) < 4.78 is 16.5. The zero-order valence-electron chi connectivity index (χ0n) is 12.6. The SMILES string of the molecule is COC[C@@]12COC[C@@H]1CN(c1noc(-c3ccccc3)n1)C2. The molecule has 6 nitrogen and oxygen atoms in total. The molecule has 2 atom stereocenters. The molecule has 0 radical (unpaired) electrons. The van der Waals surface area contributed by atoms with Gasteiger partial charge in [0.2, 0.25) is 0 Å². The van der Waals surface area contributed by atoms with Gasteiger partial charge in [0, 0.05) is 37.1 Å². The monoisotopic (exact) mass is 301 g/mol. The smallest absolute Gasteiger partial charge is 0.266 e. The quantitative estimate of drug-likeness (QED) is 0.858. The molecule has 0 unspecified atom stereocenters. The van der Waals surface area contributed by atoms with E-state index in [1.54, 1.807) is 7.11 Å². The molecule has 2 fully saturated rings. The van der Waals surface area contributed by atoms with Crippen molar-refractivity contribution in [3.05, 3.63) is 30.3 Å². The third-order valence-corrected chi connectivity index (χ3v) is 4.67. The summed E-state index contributed by atoms with van der Waals surface area (Å²) in [6, 6.07) is 9.83. The number of hydrogen-bond acceptors (Lipinski definition) is 6. The first kappa shape index (κ1) is 13.7. The number of rotatable bonds is 4. The summed E-state index contributed by atoms with van der Waals surface area (Å²) in [4.78, 5) is 6.73. The second-order valence-corrected chi connectivity index (χ2v) is 6.15. The molecule has 2 saturated heterocycles. The minimum Gasteiger partial charge on any atom is -0.384 e. The van der Waals surface area contributed by atoms with Crippen LogP contribution in [0.3, 0.4) is 0 Å². The molecule has 6 heteroatoms.